The van der Waals surface area contributed by atoms with Crippen molar-refractivity contribution < 1.29 is 0 Å². The first kappa shape index (κ1) is 10.6. The third-order valence-corrected chi connectivity index (χ3v) is 2.49. The molecule has 0 aliphatic heterocycles. The van der Waals surface area contributed by atoms with E-state index in [4.69, 9.17) is 5.26 Å². The van der Waals surface area contributed by atoms with Crippen molar-refractivity contribution in [2.75, 3.05) is 11.9 Å². The van der Waals surface area contributed by atoms with E-state index in [2.05, 4.69) is 24.8 Å². The van der Waals surface area contributed by atoms with Crippen molar-refractivity contribution in [3.8, 4) is 6.07 Å². The number of nitriles is 1. The van der Waals surface area contributed by atoms with Gasteiger partial charge in [-0.1, -0.05) is 12.1 Å². The lowest BCUT2D eigenvalue weighted by molar-refractivity contribution is 0.751. The molecule has 0 amide bonds. The predicted molar refractivity (Wildman–Crippen MR) is 59.4 cm³/mol. The summed E-state index contributed by atoms with van der Waals surface area (Å²) in [5, 5.41) is 9.00. The molecule has 1 rings (SSSR count). The molecule has 0 unspecified atom stereocenters. The number of rotatable bonds is 2. The van der Waals surface area contributed by atoms with Gasteiger partial charge in [0.05, 0.1) is 11.3 Å². The second kappa shape index (κ2) is 4.15. The second-order valence-electron chi connectivity index (χ2n) is 3.79. The highest BCUT2D eigenvalue weighted by Crippen LogP contribution is 2.24. The van der Waals surface area contributed by atoms with Gasteiger partial charge in [0, 0.05) is 13.1 Å². The fraction of sp³-hybridized carbons (Fsp3) is 0.417. The number of anilines is 1. The Balaban J connectivity index is 3.25. The Morgan fingerprint density at radius 3 is 2.50 bits per heavy atom. The number of benzene rings is 1. The first-order valence-electron chi connectivity index (χ1n) is 4.80. The lowest BCUT2D eigenvalue weighted by atomic mass is 10.1. The molecule has 0 fully saturated rings. The number of nitrogens with zero attached hydrogens (tertiary/aromatic N) is 2. The molecule has 0 aromatic heterocycles. The minimum atomic E-state index is 0.406. The van der Waals surface area contributed by atoms with Crippen molar-refractivity contribution in [2.24, 2.45) is 0 Å². The van der Waals surface area contributed by atoms with Crippen molar-refractivity contribution in [2.45, 2.75) is 26.8 Å². The molecule has 0 radical (unpaired) electrons. The van der Waals surface area contributed by atoms with Gasteiger partial charge in [-0.05, 0) is 32.4 Å². The summed E-state index contributed by atoms with van der Waals surface area (Å²) in [6.45, 7) is 6.27. The van der Waals surface area contributed by atoms with Crippen LogP contribution < -0.4 is 4.90 Å². The fourth-order valence-electron chi connectivity index (χ4n) is 1.48. The number of hydrogen-bond donors (Lipinski definition) is 0. The standard InChI is InChI=1S/C12H16N2/c1-9(2)14(4)12-10(3)6-5-7-11(12)8-13/h5-7,9H,1-4H3. The Hall–Kier alpha value is -1.49. The monoisotopic (exact) mass is 188 g/mol. The highest BCUT2D eigenvalue weighted by atomic mass is 15.1. The molecule has 2 nitrogen and oxygen atoms in total. The average Bonchev–Trinajstić information content (AvgIpc) is 2.16. The highest BCUT2D eigenvalue weighted by molar-refractivity contribution is 5.63. The van der Waals surface area contributed by atoms with Crippen LogP contribution in [0.1, 0.15) is 25.0 Å². The van der Waals surface area contributed by atoms with Crippen LogP contribution in [-0.4, -0.2) is 13.1 Å². The third-order valence-electron chi connectivity index (χ3n) is 2.49. The SMILES string of the molecule is Cc1cccc(C#N)c1N(C)C(C)C. The van der Waals surface area contributed by atoms with Crippen LogP contribution in [0, 0.1) is 18.3 Å². The third kappa shape index (κ3) is 1.88. The lowest BCUT2D eigenvalue weighted by Gasteiger charge is -2.26. The summed E-state index contributed by atoms with van der Waals surface area (Å²) in [6, 6.07) is 8.46. The summed E-state index contributed by atoms with van der Waals surface area (Å²) in [6.07, 6.45) is 0. The number of para-hydroxylation sites is 1. The van der Waals surface area contributed by atoms with E-state index in [0.29, 0.717) is 6.04 Å². The molecule has 1 aromatic carbocycles. The minimum Gasteiger partial charge on any atom is -0.371 e. The van der Waals surface area contributed by atoms with Gasteiger partial charge < -0.3 is 4.90 Å². The van der Waals surface area contributed by atoms with E-state index >= 15 is 0 Å². The molecule has 0 saturated heterocycles. The molecule has 74 valence electrons. The van der Waals surface area contributed by atoms with Crippen LogP contribution >= 0.6 is 0 Å². The number of aryl methyl sites for hydroxylation is 1. The van der Waals surface area contributed by atoms with Gasteiger partial charge in [0.25, 0.3) is 0 Å². The smallest absolute Gasteiger partial charge is 0.101 e. The van der Waals surface area contributed by atoms with Crippen LogP contribution in [0.15, 0.2) is 18.2 Å². The molecule has 14 heavy (non-hydrogen) atoms. The molecule has 0 bridgehead atoms. The summed E-state index contributed by atoms with van der Waals surface area (Å²) < 4.78 is 0. The first-order valence-corrected chi connectivity index (χ1v) is 4.80. The zero-order chi connectivity index (χ0) is 10.7. The van der Waals surface area contributed by atoms with E-state index in [1.807, 2.05) is 32.2 Å². The van der Waals surface area contributed by atoms with E-state index < -0.39 is 0 Å². The summed E-state index contributed by atoms with van der Waals surface area (Å²) >= 11 is 0. The first-order chi connectivity index (χ1) is 6.57. The van der Waals surface area contributed by atoms with Gasteiger partial charge in [0.2, 0.25) is 0 Å². The molecular formula is C12H16N2. The van der Waals surface area contributed by atoms with E-state index in [9.17, 15) is 0 Å². The van der Waals surface area contributed by atoms with E-state index in [-0.39, 0.29) is 0 Å². The van der Waals surface area contributed by atoms with E-state index in [1.54, 1.807) is 0 Å². The van der Waals surface area contributed by atoms with Crippen LogP contribution in [0.25, 0.3) is 0 Å². The molecule has 2 heteroatoms. The fourth-order valence-corrected chi connectivity index (χ4v) is 1.48. The summed E-state index contributed by atoms with van der Waals surface area (Å²) in [5.74, 6) is 0. The molecule has 1 aromatic rings. The maximum atomic E-state index is 9.00. The average molecular weight is 188 g/mol. The van der Waals surface area contributed by atoms with Gasteiger partial charge in [0.1, 0.15) is 6.07 Å². The molecule has 0 spiro atoms. The van der Waals surface area contributed by atoms with Gasteiger partial charge in [-0.2, -0.15) is 5.26 Å². The van der Waals surface area contributed by atoms with Gasteiger partial charge in [0.15, 0.2) is 0 Å². The van der Waals surface area contributed by atoms with Crippen LogP contribution in [0.5, 0.6) is 0 Å². The van der Waals surface area contributed by atoms with Crippen molar-refractivity contribution in [1.29, 1.82) is 5.26 Å². The lowest BCUT2D eigenvalue weighted by Crippen LogP contribution is -2.27. The van der Waals surface area contributed by atoms with E-state index in [0.717, 1.165) is 16.8 Å². The Bertz CT molecular complexity index is 361. The topological polar surface area (TPSA) is 27.0 Å². The molecular weight excluding hydrogens is 172 g/mol. The Morgan fingerprint density at radius 1 is 1.36 bits per heavy atom. The van der Waals surface area contributed by atoms with Crippen molar-refractivity contribution in [3.63, 3.8) is 0 Å². The number of hydrogen-bond acceptors (Lipinski definition) is 2. The van der Waals surface area contributed by atoms with Crippen molar-refractivity contribution in [1.82, 2.24) is 0 Å². The largest absolute Gasteiger partial charge is 0.371 e. The van der Waals surface area contributed by atoms with E-state index in [1.165, 1.54) is 0 Å². The molecule has 0 atom stereocenters. The van der Waals surface area contributed by atoms with Crippen molar-refractivity contribution >= 4 is 5.69 Å². The van der Waals surface area contributed by atoms with Gasteiger partial charge in [-0.15, -0.1) is 0 Å². The Morgan fingerprint density at radius 2 is 2.00 bits per heavy atom. The van der Waals surface area contributed by atoms with Crippen molar-refractivity contribution in [3.05, 3.63) is 29.3 Å². The quantitative estimate of drug-likeness (QED) is 0.713. The highest BCUT2D eigenvalue weighted by Gasteiger charge is 2.11. The molecule has 0 heterocycles. The molecule has 0 saturated carbocycles. The normalized spacial score (nSPS) is 10.0. The van der Waals surface area contributed by atoms with Gasteiger partial charge >= 0.3 is 0 Å². The summed E-state index contributed by atoms with van der Waals surface area (Å²) in [7, 11) is 2.02. The molecule has 0 aliphatic rings. The molecule has 0 N–H and O–H groups in total. The zero-order valence-electron chi connectivity index (χ0n) is 9.20. The van der Waals surface area contributed by atoms with Crippen LogP contribution in [-0.2, 0) is 0 Å². The van der Waals surface area contributed by atoms with Crippen LogP contribution in [0.3, 0.4) is 0 Å². The predicted octanol–water partition coefficient (Wildman–Crippen LogP) is 2.71. The maximum absolute atomic E-state index is 9.00. The summed E-state index contributed by atoms with van der Waals surface area (Å²) in [5.41, 5.74) is 2.95. The maximum Gasteiger partial charge on any atom is 0.101 e. The zero-order valence-corrected chi connectivity index (χ0v) is 9.20. The second-order valence-corrected chi connectivity index (χ2v) is 3.79. The Kier molecular flexibility index (Phi) is 3.14. The summed E-state index contributed by atoms with van der Waals surface area (Å²) in [4.78, 5) is 2.13. The van der Waals surface area contributed by atoms with Crippen LogP contribution in [0.4, 0.5) is 5.69 Å². The Labute approximate surface area is 85.8 Å². The van der Waals surface area contributed by atoms with Gasteiger partial charge in [-0.25, -0.2) is 0 Å². The van der Waals surface area contributed by atoms with Gasteiger partial charge in [-0.3, -0.25) is 0 Å². The molecule has 0 aliphatic carbocycles. The van der Waals surface area contributed by atoms with Crippen LogP contribution in [0.2, 0.25) is 0 Å². The minimum absolute atomic E-state index is 0.406.